The van der Waals surface area contributed by atoms with E-state index >= 15 is 0 Å². The monoisotopic (exact) mass is 280 g/mol. The Morgan fingerprint density at radius 3 is 2.53 bits per heavy atom. The summed E-state index contributed by atoms with van der Waals surface area (Å²) < 4.78 is 5.27. The Labute approximate surface area is 119 Å². The molecule has 1 amide bonds. The summed E-state index contributed by atoms with van der Waals surface area (Å²) in [6.07, 6.45) is 0.556. The Balaban J connectivity index is 3.16. The zero-order valence-corrected chi connectivity index (χ0v) is 12.6. The number of benzene rings is 1. The molecular formula is C14H20N2O2S. The minimum absolute atomic E-state index is 0.132. The average molecular weight is 280 g/mol. The van der Waals surface area contributed by atoms with Crippen molar-refractivity contribution in [2.24, 2.45) is 11.1 Å². The number of ether oxygens (including phenoxy) is 1. The number of carbonyl (C=O) groups excluding carboxylic acids is 1. The number of hydrogen-bond acceptors (Lipinski definition) is 3. The number of rotatable bonds is 5. The van der Waals surface area contributed by atoms with Crippen LogP contribution in [0.3, 0.4) is 0 Å². The van der Waals surface area contributed by atoms with Gasteiger partial charge in [0.05, 0.1) is 23.2 Å². The maximum atomic E-state index is 12.6. The fourth-order valence-corrected chi connectivity index (χ4v) is 2.05. The van der Waals surface area contributed by atoms with E-state index in [-0.39, 0.29) is 10.9 Å². The van der Waals surface area contributed by atoms with Gasteiger partial charge in [-0.3, -0.25) is 4.79 Å². The van der Waals surface area contributed by atoms with E-state index in [0.29, 0.717) is 17.9 Å². The highest BCUT2D eigenvalue weighted by atomic mass is 32.1. The molecule has 0 aliphatic rings. The smallest absolute Gasteiger partial charge is 0.239 e. The predicted octanol–water partition coefficient (Wildman–Crippen LogP) is 2.36. The van der Waals surface area contributed by atoms with Crippen molar-refractivity contribution >= 4 is 28.8 Å². The first-order valence-electron chi connectivity index (χ1n) is 6.09. The number of nitrogens with two attached hydrogens (primary N) is 1. The van der Waals surface area contributed by atoms with Crippen LogP contribution < -0.4 is 15.4 Å². The van der Waals surface area contributed by atoms with Gasteiger partial charge < -0.3 is 15.4 Å². The summed E-state index contributed by atoms with van der Waals surface area (Å²) in [5.74, 6) is 0.506. The van der Waals surface area contributed by atoms with E-state index in [1.807, 2.05) is 31.2 Å². The van der Waals surface area contributed by atoms with Gasteiger partial charge in [-0.1, -0.05) is 31.3 Å². The molecule has 4 nitrogen and oxygen atoms in total. The van der Waals surface area contributed by atoms with E-state index < -0.39 is 5.41 Å². The van der Waals surface area contributed by atoms with Crippen molar-refractivity contribution in [1.82, 2.24) is 0 Å². The van der Waals surface area contributed by atoms with Crippen LogP contribution in [0.5, 0.6) is 5.75 Å². The fourth-order valence-electron chi connectivity index (χ4n) is 1.82. The van der Waals surface area contributed by atoms with Gasteiger partial charge in [-0.2, -0.15) is 0 Å². The zero-order chi connectivity index (χ0) is 14.6. The van der Waals surface area contributed by atoms with E-state index in [1.165, 1.54) is 0 Å². The number of amides is 1. The fraction of sp³-hybridized carbons (Fsp3) is 0.429. The number of nitrogens with zero attached hydrogens (tertiary/aromatic N) is 1. The van der Waals surface area contributed by atoms with E-state index in [2.05, 4.69) is 0 Å². The van der Waals surface area contributed by atoms with Crippen molar-refractivity contribution in [3.8, 4) is 5.75 Å². The van der Waals surface area contributed by atoms with Gasteiger partial charge in [0, 0.05) is 7.05 Å². The highest BCUT2D eigenvalue weighted by molar-refractivity contribution is 7.80. The van der Waals surface area contributed by atoms with Gasteiger partial charge in [0.2, 0.25) is 5.91 Å². The Kier molecular flexibility index (Phi) is 4.89. The maximum Gasteiger partial charge on any atom is 0.239 e. The Bertz CT molecular complexity index is 490. The zero-order valence-electron chi connectivity index (χ0n) is 11.8. The maximum absolute atomic E-state index is 12.6. The van der Waals surface area contributed by atoms with Crippen LogP contribution in [0.4, 0.5) is 5.69 Å². The van der Waals surface area contributed by atoms with Crippen molar-refractivity contribution in [1.29, 1.82) is 0 Å². The third-order valence-corrected chi connectivity index (χ3v) is 3.92. The van der Waals surface area contributed by atoms with Gasteiger partial charge in [-0.15, -0.1) is 0 Å². The number of methoxy groups -OCH3 is 1. The first kappa shape index (κ1) is 15.4. The van der Waals surface area contributed by atoms with Crippen LogP contribution in [0.2, 0.25) is 0 Å². The number of thiocarbonyl (C=S) groups is 1. The van der Waals surface area contributed by atoms with Crippen molar-refractivity contribution in [2.75, 3.05) is 19.1 Å². The minimum Gasteiger partial charge on any atom is -0.495 e. The van der Waals surface area contributed by atoms with Crippen LogP contribution in [-0.4, -0.2) is 25.1 Å². The van der Waals surface area contributed by atoms with Crippen LogP contribution in [0.15, 0.2) is 24.3 Å². The lowest BCUT2D eigenvalue weighted by Crippen LogP contribution is -2.47. The normalized spacial score (nSPS) is 13.5. The molecule has 0 heterocycles. The molecule has 0 fully saturated rings. The lowest BCUT2D eigenvalue weighted by Gasteiger charge is -2.31. The third kappa shape index (κ3) is 2.87. The van der Waals surface area contributed by atoms with Crippen LogP contribution in [0.1, 0.15) is 20.3 Å². The third-order valence-electron chi connectivity index (χ3n) is 3.47. The molecule has 0 aliphatic heterocycles. The molecule has 0 aromatic heterocycles. The van der Waals surface area contributed by atoms with Gasteiger partial charge in [0.25, 0.3) is 0 Å². The largest absolute Gasteiger partial charge is 0.495 e. The molecule has 1 rings (SSSR count). The summed E-state index contributed by atoms with van der Waals surface area (Å²) in [5.41, 5.74) is 5.58. The second-order valence-electron chi connectivity index (χ2n) is 4.59. The topological polar surface area (TPSA) is 55.6 Å². The first-order valence-corrected chi connectivity index (χ1v) is 6.50. The Hall–Kier alpha value is -1.62. The quantitative estimate of drug-likeness (QED) is 0.841. The van der Waals surface area contributed by atoms with Crippen LogP contribution >= 0.6 is 12.2 Å². The summed E-state index contributed by atoms with van der Waals surface area (Å²) in [6.45, 7) is 3.66. The molecule has 0 saturated carbocycles. The van der Waals surface area contributed by atoms with Crippen molar-refractivity contribution in [3.05, 3.63) is 24.3 Å². The number of para-hydroxylation sites is 2. The van der Waals surface area contributed by atoms with E-state index in [9.17, 15) is 4.79 Å². The lowest BCUT2D eigenvalue weighted by atomic mass is 9.85. The van der Waals surface area contributed by atoms with Gasteiger partial charge in [-0.05, 0) is 25.5 Å². The summed E-state index contributed by atoms with van der Waals surface area (Å²) >= 11 is 5.04. The van der Waals surface area contributed by atoms with Gasteiger partial charge in [0.15, 0.2) is 0 Å². The molecule has 0 saturated heterocycles. The van der Waals surface area contributed by atoms with Gasteiger partial charge >= 0.3 is 0 Å². The molecule has 0 bridgehead atoms. The molecule has 0 aliphatic carbocycles. The van der Waals surface area contributed by atoms with Crippen molar-refractivity contribution in [3.63, 3.8) is 0 Å². The van der Waals surface area contributed by atoms with Crippen LogP contribution in [-0.2, 0) is 4.79 Å². The second-order valence-corrected chi connectivity index (χ2v) is 5.03. The summed E-state index contributed by atoms with van der Waals surface area (Å²) in [4.78, 5) is 14.4. The highest BCUT2D eigenvalue weighted by Gasteiger charge is 2.37. The SMILES string of the molecule is CCC(C)(C(=O)N(C)c1ccccc1OC)C(N)=S. The second kappa shape index (κ2) is 6.02. The first-order chi connectivity index (χ1) is 8.88. The number of hydrogen-bond donors (Lipinski definition) is 1. The Morgan fingerprint density at radius 2 is 2.05 bits per heavy atom. The highest BCUT2D eigenvalue weighted by Crippen LogP contribution is 2.32. The van der Waals surface area contributed by atoms with Crippen molar-refractivity contribution in [2.45, 2.75) is 20.3 Å². The Morgan fingerprint density at radius 1 is 1.47 bits per heavy atom. The molecule has 5 heteroatoms. The molecule has 1 atom stereocenters. The predicted molar refractivity (Wildman–Crippen MR) is 81.6 cm³/mol. The number of anilines is 1. The summed E-state index contributed by atoms with van der Waals surface area (Å²) in [7, 11) is 3.27. The van der Waals surface area contributed by atoms with Crippen molar-refractivity contribution < 1.29 is 9.53 Å². The van der Waals surface area contributed by atoms with Crippen LogP contribution in [0.25, 0.3) is 0 Å². The molecule has 0 radical (unpaired) electrons. The van der Waals surface area contributed by atoms with E-state index in [0.717, 1.165) is 0 Å². The molecule has 1 aromatic rings. The van der Waals surface area contributed by atoms with Gasteiger partial charge in [-0.25, -0.2) is 0 Å². The minimum atomic E-state index is -0.842. The number of carbonyl (C=O) groups is 1. The molecule has 0 spiro atoms. The molecule has 1 aromatic carbocycles. The van der Waals surface area contributed by atoms with Crippen LogP contribution in [0, 0.1) is 5.41 Å². The van der Waals surface area contributed by atoms with E-state index in [1.54, 1.807) is 26.0 Å². The molecule has 2 N–H and O–H groups in total. The lowest BCUT2D eigenvalue weighted by molar-refractivity contribution is -0.124. The average Bonchev–Trinajstić information content (AvgIpc) is 2.44. The summed E-state index contributed by atoms with van der Waals surface area (Å²) in [5, 5.41) is 0. The van der Waals surface area contributed by atoms with Gasteiger partial charge in [0.1, 0.15) is 5.75 Å². The van der Waals surface area contributed by atoms with E-state index in [4.69, 9.17) is 22.7 Å². The molecule has 19 heavy (non-hydrogen) atoms. The summed E-state index contributed by atoms with van der Waals surface area (Å²) in [6, 6.07) is 7.34. The molecule has 104 valence electrons. The molecular weight excluding hydrogens is 260 g/mol. The standard InChI is InChI=1S/C14H20N2O2S/c1-5-14(2,12(15)19)13(17)16(3)10-8-6-7-9-11(10)18-4/h6-9H,5H2,1-4H3,(H2,15,19). The molecule has 1 unspecified atom stereocenters.